The van der Waals surface area contributed by atoms with Crippen molar-refractivity contribution in [2.75, 3.05) is 25.1 Å². The summed E-state index contributed by atoms with van der Waals surface area (Å²) in [6.45, 7) is 1.31. The van der Waals surface area contributed by atoms with Crippen LogP contribution in [0.2, 0.25) is 0 Å². The molecular formula is C24H23F2N3O. The molecule has 4 aromatic rings. The average Bonchev–Trinajstić information content (AvgIpc) is 3.17. The topological polar surface area (TPSA) is 30.3 Å². The van der Waals surface area contributed by atoms with Gasteiger partial charge >= 0.3 is 0 Å². The molecular weight excluding hydrogens is 384 g/mol. The summed E-state index contributed by atoms with van der Waals surface area (Å²) in [4.78, 5) is 6.87. The molecule has 1 aliphatic rings. The summed E-state index contributed by atoms with van der Waals surface area (Å²) in [5.41, 5.74) is 3.09. The van der Waals surface area contributed by atoms with Gasteiger partial charge in [0.15, 0.2) is 0 Å². The number of nitrogens with zero attached hydrogens (tertiary/aromatic N) is 3. The number of aromatic nitrogens is 2. The minimum atomic E-state index is -2.58. The highest BCUT2D eigenvalue weighted by atomic mass is 19.3. The van der Waals surface area contributed by atoms with Crippen molar-refractivity contribution in [2.24, 2.45) is 0 Å². The number of pyridine rings is 1. The van der Waals surface area contributed by atoms with E-state index in [2.05, 4.69) is 29.0 Å². The molecule has 30 heavy (non-hydrogen) atoms. The fraction of sp³-hybridized carbons (Fsp3) is 0.292. The van der Waals surface area contributed by atoms with E-state index in [0.717, 1.165) is 38.9 Å². The molecule has 5 rings (SSSR count). The van der Waals surface area contributed by atoms with Gasteiger partial charge in [0.05, 0.1) is 18.1 Å². The second-order valence-corrected chi connectivity index (χ2v) is 7.85. The maximum absolute atomic E-state index is 13.7. The van der Waals surface area contributed by atoms with E-state index in [1.54, 1.807) is 7.11 Å². The number of hydrogen-bond donors (Lipinski definition) is 0. The fourth-order valence-electron chi connectivity index (χ4n) is 4.28. The molecule has 154 valence electrons. The van der Waals surface area contributed by atoms with Crippen LogP contribution in [0.4, 0.5) is 14.6 Å². The molecule has 0 radical (unpaired) electrons. The molecule has 0 N–H and O–H groups in total. The summed E-state index contributed by atoms with van der Waals surface area (Å²) < 4.78 is 35.0. The first kappa shape index (κ1) is 18.9. The van der Waals surface area contributed by atoms with E-state index in [9.17, 15) is 8.78 Å². The number of piperidine rings is 1. The van der Waals surface area contributed by atoms with Gasteiger partial charge < -0.3 is 14.2 Å². The molecule has 0 spiro atoms. The summed E-state index contributed by atoms with van der Waals surface area (Å²) in [5, 5.41) is 2.06. The maximum Gasteiger partial charge on any atom is 0.251 e. The predicted octanol–water partition coefficient (Wildman–Crippen LogP) is 5.48. The largest absolute Gasteiger partial charge is 0.497 e. The van der Waals surface area contributed by atoms with Crippen molar-refractivity contribution >= 4 is 27.6 Å². The van der Waals surface area contributed by atoms with Gasteiger partial charge in [-0.25, -0.2) is 13.8 Å². The second kappa shape index (κ2) is 7.27. The van der Waals surface area contributed by atoms with Crippen molar-refractivity contribution in [2.45, 2.75) is 25.3 Å². The smallest absolute Gasteiger partial charge is 0.251 e. The Morgan fingerprint density at radius 2 is 1.80 bits per heavy atom. The Labute approximate surface area is 173 Å². The Morgan fingerprint density at radius 1 is 1.00 bits per heavy atom. The van der Waals surface area contributed by atoms with Crippen LogP contribution < -0.4 is 9.64 Å². The van der Waals surface area contributed by atoms with Gasteiger partial charge in [-0.1, -0.05) is 30.3 Å². The van der Waals surface area contributed by atoms with Crippen LogP contribution in [0, 0.1) is 0 Å². The molecule has 0 amide bonds. The lowest BCUT2D eigenvalue weighted by atomic mass is 10.1. The number of fused-ring (bicyclic) bond motifs is 3. The molecule has 0 unspecified atom stereocenters. The Bertz CT molecular complexity index is 1210. The summed E-state index contributed by atoms with van der Waals surface area (Å²) in [5.74, 6) is -0.959. The number of alkyl halides is 2. The predicted molar refractivity (Wildman–Crippen MR) is 116 cm³/mol. The average molecular weight is 407 g/mol. The van der Waals surface area contributed by atoms with Crippen LogP contribution in [0.25, 0.3) is 21.8 Å². The van der Waals surface area contributed by atoms with Crippen molar-refractivity contribution in [1.82, 2.24) is 9.55 Å². The van der Waals surface area contributed by atoms with Crippen molar-refractivity contribution in [3.63, 3.8) is 0 Å². The molecule has 2 aromatic heterocycles. The quantitative estimate of drug-likeness (QED) is 0.449. The van der Waals surface area contributed by atoms with Crippen molar-refractivity contribution in [3.8, 4) is 5.75 Å². The number of halogens is 2. The van der Waals surface area contributed by atoms with Crippen LogP contribution in [0.3, 0.4) is 0 Å². The van der Waals surface area contributed by atoms with Crippen LogP contribution >= 0.6 is 0 Å². The van der Waals surface area contributed by atoms with Gasteiger partial charge in [0, 0.05) is 49.4 Å². The lowest BCUT2D eigenvalue weighted by Gasteiger charge is -2.33. The monoisotopic (exact) mass is 407 g/mol. The lowest BCUT2D eigenvalue weighted by Crippen LogP contribution is -2.39. The highest BCUT2D eigenvalue weighted by Crippen LogP contribution is 2.36. The van der Waals surface area contributed by atoms with Crippen LogP contribution in [0.5, 0.6) is 5.75 Å². The van der Waals surface area contributed by atoms with Gasteiger partial charge in [0.1, 0.15) is 11.6 Å². The Balaban J connectivity index is 1.62. The molecule has 1 fully saturated rings. The number of benzene rings is 2. The van der Waals surface area contributed by atoms with E-state index < -0.39 is 5.92 Å². The first-order valence-corrected chi connectivity index (χ1v) is 10.2. The molecule has 0 bridgehead atoms. The number of ether oxygens (including phenoxy) is 1. The van der Waals surface area contributed by atoms with E-state index in [0.29, 0.717) is 19.6 Å². The number of anilines is 1. The zero-order valence-electron chi connectivity index (χ0n) is 16.8. The van der Waals surface area contributed by atoms with E-state index in [1.165, 1.54) is 0 Å². The summed E-state index contributed by atoms with van der Waals surface area (Å²) >= 11 is 0. The highest BCUT2D eigenvalue weighted by molar-refractivity contribution is 6.08. The minimum absolute atomic E-state index is 0.131. The van der Waals surface area contributed by atoms with Crippen molar-refractivity contribution in [1.29, 1.82) is 0 Å². The number of hydrogen-bond acceptors (Lipinski definition) is 3. The number of rotatable bonds is 4. The molecule has 6 heteroatoms. The van der Waals surface area contributed by atoms with E-state index in [1.807, 2.05) is 41.3 Å². The SMILES string of the molecule is COc1cccc(Cn2ccc3c(N4CCC(F)(F)CC4)nc4ccccc4c32)c1. The van der Waals surface area contributed by atoms with Crippen LogP contribution in [0.15, 0.2) is 60.8 Å². The van der Waals surface area contributed by atoms with Gasteiger partial charge in [-0.15, -0.1) is 0 Å². The van der Waals surface area contributed by atoms with Gasteiger partial charge in [-0.05, 0) is 29.8 Å². The normalized spacial score (nSPS) is 16.3. The number of methoxy groups -OCH3 is 1. The zero-order valence-corrected chi connectivity index (χ0v) is 16.8. The molecule has 0 atom stereocenters. The van der Waals surface area contributed by atoms with Crippen molar-refractivity contribution in [3.05, 3.63) is 66.4 Å². The molecule has 0 aliphatic carbocycles. The molecule has 3 heterocycles. The first-order valence-electron chi connectivity index (χ1n) is 10.2. The molecule has 2 aromatic carbocycles. The Kier molecular flexibility index (Phi) is 4.57. The summed E-state index contributed by atoms with van der Waals surface area (Å²) in [6.07, 6.45) is 1.79. The molecule has 1 aliphatic heterocycles. The summed E-state index contributed by atoms with van der Waals surface area (Å²) in [7, 11) is 1.66. The van der Waals surface area contributed by atoms with Gasteiger partial charge in [-0.3, -0.25) is 0 Å². The van der Waals surface area contributed by atoms with Crippen LogP contribution in [0.1, 0.15) is 18.4 Å². The third-order valence-electron chi connectivity index (χ3n) is 5.87. The lowest BCUT2D eigenvalue weighted by molar-refractivity contribution is -0.0221. The van der Waals surface area contributed by atoms with Crippen LogP contribution in [-0.4, -0.2) is 35.7 Å². The van der Waals surface area contributed by atoms with Gasteiger partial charge in [0.25, 0.3) is 5.92 Å². The van der Waals surface area contributed by atoms with Gasteiger partial charge in [-0.2, -0.15) is 0 Å². The molecule has 1 saturated heterocycles. The van der Waals surface area contributed by atoms with E-state index in [4.69, 9.17) is 9.72 Å². The second-order valence-electron chi connectivity index (χ2n) is 7.85. The Hall–Kier alpha value is -3.15. The minimum Gasteiger partial charge on any atom is -0.497 e. The third-order valence-corrected chi connectivity index (χ3v) is 5.87. The third kappa shape index (κ3) is 3.36. The first-order chi connectivity index (χ1) is 14.5. The highest BCUT2D eigenvalue weighted by Gasteiger charge is 2.35. The summed E-state index contributed by atoms with van der Waals surface area (Å²) in [6, 6.07) is 18.1. The molecule has 0 saturated carbocycles. The zero-order chi connectivity index (χ0) is 20.7. The maximum atomic E-state index is 13.7. The van der Waals surface area contributed by atoms with Gasteiger partial charge in [0.2, 0.25) is 0 Å². The Morgan fingerprint density at radius 3 is 2.60 bits per heavy atom. The van der Waals surface area contributed by atoms with Crippen LogP contribution in [-0.2, 0) is 6.54 Å². The molecule has 4 nitrogen and oxygen atoms in total. The standard InChI is InChI=1S/C24H23F2N3O/c1-30-18-6-4-5-17(15-18)16-29-12-9-20-22(29)19-7-2-3-8-21(19)27-23(20)28-13-10-24(25,26)11-14-28/h2-9,12,15H,10-11,13-14,16H2,1H3. The number of para-hydroxylation sites is 1. The van der Waals surface area contributed by atoms with E-state index in [-0.39, 0.29) is 12.8 Å². The van der Waals surface area contributed by atoms with E-state index >= 15 is 0 Å². The fourth-order valence-corrected chi connectivity index (χ4v) is 4.28. The van der Waals surface area contributed by atoms with Crippen molar-refractivity contribution < 1.29 is 13.5 Å².